The van der Waals surface area contributed by atoms with Gasteiger partial charge in [0, 0.05) is 24.7 Å². The molecule has 0 heterocycles. The topological polar surface area (TPSA) is 115 Å². The fourth-order valence-corrected chi connectivity index (χ4v) is 3.51. The highest BCUT2D eigenvalue weighted by Gasteiger charge is 2.32. The first kappa shape index (κ1) is 14.9. The van der Waals surface area contributed by atoms with Gasteiger partial charge in [-0.3, -0.25) is 10.1 Å². The lowest BCUT2D eigenvalue weighted by Gasteiger charge is -2.16. The van der Waals surface area contributed by atoms with E-state index in [2.05, 4.69) is 4.72 Å². The maximum absolute atomic E-state index is 12.0. The third kappa shape index (κ3) is 3.99. The van der Waals surface area contributed by atoms with Crippen molar-refractivity contribution in [1.29, 1.82) is 0 Å². The Morgan fingerprint density at radius 3 is 2.40 bits per heavy atom. The molecule has 1 fully saturated rings. The lowest BCUT2D eigenvalue weighted by molar-refractivity contribution is -0.384. The van der Waals surface area contributed by atoms with Crippen LogP contribution in [0.3, 0.4) is 0 Å². The van der Waals surface area contributed by atoms with Gasteiger partial charge in [0.25, 0.3) is 5.69 Å². The van der Waals surface area contributed by atoms with E-state index < -0.39 is 14.9 Å². The Kier molecular flexibility index (Phi) is 4.36. The highest BCUT2D eigenvalue weighted by atomic mass is 32.2. The lowest BCUT2D eigenvalue weighted by atomic mass is 10.2. The van der Waals surface area contributed by atoms with E-state index in [4.69, 9.17) is 5.73 Å². The summed E-state index contributed by atoms with van der Waals surface area (Å²) in [4.78, 5) is 10.0. The van der Waals surface area contributed by atoms with Gasteiger partial charge in [-0.1, -0.05) is 12.1 Å². The van der Waals surface area contributed by atoms with Crippen LogP contribution in [-0.2, 0) is 15.8 Å². The molecule has 1 unspecified atom stereocenters. The van der Waals surface area contributed by atoms with E-state index in [1.54, 1.807) is 0 Å². The first-order valence-electron chi connectivity index (χ1n) is 6.34. The number of rotatable bonds is 7. The fraction of sp³-hybridized carbons (Fsp3) is 0.500. The van der Waals surface area contributed by atoms with Gasteiger partial charge in [0.05, 0.1) is 10.7 Å². The molecular weight excluding hydrogens is 282 g/mol. The Bertz CT molecular complexity index is 581. The van der Waals surface area contributed by atoms with E-state index in [1.165, 1.54) is 24.3 Å². The summed E-state index contributed by atoms with van der Waals surface area (Å²) in [5.41, 5.74) is 6.02. The largest absolute Gasteiger partial charge is 0.329 e. The van der Waals surface area contributed by atoms with Crippen LogP contribution in [0.1, 0.15) is 18.4 Å². The second-order valence-corrected chi connectivity index (χ2v) is 6.73. The van der Waals surface area contributed by atoms with E-state index >= 15 is 0 Å². The molecule has 3 N–H and O–H groups in total. The number of hydrogen-bond donors (Lipinski definition) is 2. The van der Waals surface area contributed by atoms with Gasteiger partial charge < -0.3 is 5.73 Å². The zero-order valence-corrected chi connectivity index (χ0v) is 11.7. The van der Waals surface area contributed by atoms with Crippen molar-refractivity contribution in [1.82, 2.24) is 4.72 Å². The molecular formula is C12H17N3O4S. The van der Waals surface area contributed by atoms with Gasteiger partial charge in [-0.15, -0.1) is 0 Å². The molecule has 1 aliphatic carbocycles. The number of nitro groups is 1. The highest BCUT2D eigenvalue weighted by molar-refractivity contribution is 7.88. The standard InChI is InChI=1S/C12H17N3O4S/c13-7-12(10-3-4-10)14-20(18,19)8-9-1-5-11(6-2-9)15(16)17/h1-2,5-6,10,12,14H,3-4,7-8,13H2. The molecule has 0 spiro atoms. The fourth-order valence-electron chi connectivity index (χ4n) is 2.04. The highest BCUT2D eigenvalue weighted by Crippen LogP contribution is 2.32. The lowest BCUT2D eigenvalue weighted by Crippen LogP contribution is -2.42. The number of nitrogens with zero attached hydrogens (tertiary/aromatic N) is 1. The Morgan fingerprint density at radius 1 is 1.35 bits per heavy atom. The molecule has 1 aromatic rings. The van der Waals surface area contributed by atoms with Crippen LogP contribution in [0.5, 0.6) is 0 Å². The third-order valence-corrected chi connectivity index (χ3v) is 4.65. The van der Waals surface area contributed by atoms with Gasteiger partial charge in [0.1, 0.15) is 0 Å². The predicted molar refractivity (Wildman–Crippen MR) is 74.4 cm³/mol. The number of nitrogens with one attached hydrogen (secondary N) is 1. The Balaban J connectivity index is 2.01. The van der Waals surface area contributed by atoms with Gasteiger partial charge in [-0.25, -0.2) is 13.1 Å². The number of sulfonamides is 1. The van der Waals surface area contributed by atoms with E-state index in [1.807, 2.05) is 0 Å². The quantitative estimate of drug-likeness (QED) is 0.569. The molecule has 1 atom stereocenters. The van der Waals surface area contributed by atoms with Gasteiger partial charge in [0.2, 0.25) is 10.0 Å². The summed E-state index contributed by atoms with van der Waals surface area (Å²) >= 11 is 0. The van der Waals surface area contributed by atoms with Crippen molar-refractivity contribution in [2.24, 2.45) is 11.7 Å². The Labute approximate surface area is 117 Å². The molecule has 110 valence electrons. The van der Waals surface area contributed by atoms with E-state index in [9.17, 15) is 18.5 Å². The first-order valence-corrected chi connectivity index (χ1v) is 8.00. The minimum Gasteiger partial charge on any atom is -0.329 e. The van der Waals surface area contributed by atoms with Crippen LogP contribution >= 0.6 is 0 Å². The van der Waals surface area contributed by atoms with Gasteiger partial charge in [-0.2, -0.15) is 0 Å². The molecule has 8 heteroatoms. The van der Waals surface area contributed by atoms with Crippen molar-refractivity contribution in [2.75, 3.05) is 6.54 Å². The summed E-state index contributed by atoms with van der Waals surface area (Å²) in [6, 6.07) is 5.29. The van der Waals surface area contributed by atoms with Crippen molar-refractivity contribution in [3.05, 3.63) is 39.9 Å². The molecule has 2 rings (SSSR count). The molecule has 0 saturated heterocycles. The van der Waals surface area contributed by atoms with Gasteiger partial charge >= 0.3 is 0 Å². The summed E-state index contributed by atoms with van der Waals surface area (Å²) in [6.45, 7) is 0.282. The second kappa shape index (κ2) is 5.86. The van der Waals surface area contributed by atoms with Crippen LogP contribution in [0, 0.1) is 16.0 Å². The molecule has 0 aromatic heterocycles. The molecule has 0 bridgehead atoms. The van der Waals surface area contributed by atoms with Crippen LogP contribution in [0.15, 0.2) is 24.3 Å². The van der Waals surface area contributed by atoms with Gasteiger partial charge in [0.15, 0.2) is 0 Å². The van der Waals surface area contributed by atoms with E-state index in [0.29, 0.717) is 11.5 Å². The second-order valence-electron chi connectivity index (χ2n) is 4.98. The smallest absolute Gasteiger partial charge is 0.269 e. The molecule has 1 saturated carbocycles. The van der Waals surface area contributed by atoms with Crippen LogP contribution in [0.25, 0.3) is 0 Å². The molecule has 1 aliphatic rings. The van der Waals surface area contributed by atoms with Gasteiger partial charge in [-0.05, 0) is 24.3 Å². The summed E-state index contributed by atoms with van der Waals surface area (Å²) < 4.78 is 26.6. The summed E-state index contributed by atoms with van der Waals surface area (Å²) in [6.07, 6.45) is 2.00. The normalized spacial score (nSPS) is 16.9. The number of nitrogens with two attached hydrogens (primary N) is 1. The molecule has 0 aliphatic heterocycles. The van der Waals surface area contributed by atoms with Crippen molar-refractivity contribution in [3.63, 3.8) is 0 Å². The van der Waals surface area contributed by atoms with Crippen molar-refractivity contribution < 1.29 is 13.3 Å². The third-order valence-electron chi connectivity index (χ3n) is 3.28. The zero-order valence-electron chi connectivity index (χ0n) is 10.9. The Hall–Kier alpha value is -1.51. The SMILES string of the molecule is NCC(NS(=O)(=O)Cc1ccc([N+](=O)[O-])cc1)C1CC1. The van der Waals surface area contributed by atoms with E-state index in [0.717, 1.165) is 12.8 Å². The molecule has 20 heavy (non-hydrogen) atoms. The number of nitro benzene ring substituents is 1. The number of hydrogen-bond acceptors (Lipinski definition) is 5. The monoisotopic (exact) mass is 299 g/mol. The van der Waals surface area contributed by atoms with Crippen molar-refractivity contribution in [2.45, 2.75) is 24.6 Å². The molecule has 7 nitrogen and oxygen atoms in total. The molecule has 0 amide bonds. The minimum atomic E-state index is -3.48. The summed E-state index contributed by atoms with van der Waals surface area (Å²) in [5, 5.41) is 10.5. The van der Waals surface area contributed by atoms with E-state index in [-0.39, 0.29) is 24.0 Å². The summed E-state index contributed by atoms with van der Waals surface area (Å²) in [5.74, 6) is 0.139. The number of benzene rings is 1. The van der Waals surface area contributed by atoms with Crippen molar-refractivity contribution in [3.8, 4) is 0 Å². The zero-order chi connectivity index (χ0) is 14.8. The number of non-ortho nitro benzene ring substituents is 1. The maximum atomic E-state index is 12.0. The maximum Gasteiger partial charge on any atom is 0.269 e. The molecule has 1 aromatic carbocycles. The van der Waals surface area contributed by atoms with Crippen LogP contribution in [-0.4, -0.2) is 25.9 Å². The van der Waals surface area contributed by atoms with Crippen molar-refractivity contribution >= 4 is 15.7 Å². The van der Waals surface area contributed by atoms with Crippen LogP contribution in [0.2, 0.25) is 0 Å². The average molecular weight is 299 g/mol. The van der Waals surface area contributed by atoms with Crippen LogP contribution < -0.4 is 10.5 Å². The minimum absolute atomic E-state index is 0.0584. The summed E-state index contributed by atoms with van der Waals surface area (Å²) in [7, 11) is -3.48. The molecule has 0 radical (unpaired) electrons. The first-order chi connectivity index (χ1) is 9.41. The predicted octanol–water partition coefficient (Wildman–Crippen LogP) is 0.752. The van der Waals surface area contributed by atoms with Crippen LogP contribution in [0.4, 0.5) is 5.69 Å². The average Bonchev–Trinajstić information content (AvgIpc) is 3.20. The Morgan fingerprint density at radius 2 is 1.95 bits per heavy atom.